The van der Waals surface area contributed by atoms with Gasteiger partial charge in [-0.2, -0.15) is 0 Å². The van der Waals surface area contributed by atoms with E-state index >= 15 is 0 Å². The number of carbonyl (C=O) groups is 2. The van der Waals surface area contributed by atoms with Gasteiger partial charge in [0.25, 0.3) is 5.91 Å². The predicted octanol–water partition coefficient (Wildman–Crippen LogP) is 3.56. The molecule has 5 nitrogen and oxygen atoms in total. The molecule has 0 atom stereocenters. The molecule has 1 aromatic carbocycles. The number of halogens is 3. The van der Waals surface area contributed by atoms with Crippen LogP contribution in [0, 0.1) is 12.7 Å². The summed E-state index contributed by atoms with van der Waals surface area (Å²) in [5.74, 6) is -1.45. The van der Waals surface area contributed by atoms with Crippen LogP contribution >= 0.6 is 23.2 Å². The lowest BCUT2D eigenvalue weighted by atomic mass is 10.1. The second kappa shape index (κ2) is 8.08. The summed E-state index contributed by atoms with van der Waals surface area (Å²) >= 11 is 11.8. The number of aryl methyl sites for hydroxylation is 1. The van der Waals surface area contributed by atoms with Gasteiger partial charge in [-0.25, -0.2) is 9.37 Å². The molecule has 0 fully saturated rings. The molecule has 24 heavy (non-hydrogen) atoms. The van der Waals surface area contributed by atoms with Gasteiger partial charge in [0.15, 0.2) is 12.4 Å². The molecule has 2 rings (SSSR count). The van der Waals surface area contributed by atoms with E-state index in [1.54, 1.807) is 6.92 Å². The first-order valence-corrected chi connectivity index (χ1v) is 7.63. The Labute approximate surface area is 147 Å². The molecule has 1 heterocycles. The first-order chi connectivity index (χ1) is 11.3. The minimum absolute atomic E-state index is 0.0629. The minimum atomic E-state index is -0.608. The number of pyridine rings is 1. The summed E-state index contributed by atoms with van der Waals surface area (Å²) in [6.45, 7) is 1.18. The predicted molar refractivity (Wildman–Crippen MR) is 88.7 cm³/mol. The maximum Gasteiger partial charge on any atom is 0.310 e. The van der Waals surface area contributed by atoms with Crippen LogP contribution in [0.2, 0.25) is 10.0 Å². The molecule has 126 valence electrons. The molecule has 0 saturated heterocycles. The van der Waals surface area contributed by atoms with Gasteiger partial charge in [-0.05, 0) is 30.7 Å². The number of rotatable bonds is 5. The van der Waals surface area contributed by atoms with Gasteiger partial charge in [-0.15, -0.1) is 0 Å². The quantitative estimate of drug-likeness (QED) is 0.817. The summed E-state index contributed by atoms with van der Waals surface area (Å²) in [4.78, 5) is 27.5. The number of nitrogens with zero attached hydrogens (tertiary/aromatic N) is 1. The van der Waals surface area contributed by atoms with Gasteiger partial charge in [0.1, 0.15) is 5.82 Å². The smallest absolute Gasteiger partial charge is 0.310 e. The van der Waals surface area contributed by atoms with Crippen molar-refractivity contribution in [1.82, 2.24) is 4.98 Å². The molecule has 8 heteroatoms. The maximum absolute atomic E-state index is 12.8. The lowest BCUT2D eigenvalue weighted by Gasteiger charge is -2.09. The minimum Gasteiger partial charge on any atom is -0.455 e. The highest BCUT2D eigenvalue weighted by atomic mass is 35.5. The van der Waals surface area contributed by atoms with Crippen LogP contribution in [0.1, 0.15) is 11.3 Å². The van der Waals surface area contributed by atoms with Crippen molar-refractivity contribution in [2.24, 2.45) is 0 Å². The molecule has 0 aliphatic heterocycles. The number of carbonyl (C=O) groups excluding carboxylic acids is 2. The van der Waals surface area contributed by atoms with Crippen LogP contribution in [0.25, 0.3) is 0 Å². The lowest BCUT2D eigenvalue weighted by Crippen LogP contribution is -2.22. The molecular weight excluding hydrogens is 358 g/mol. The zero-order chi connectivity index (χ0) is 17.7. The molecule has 1 amide bonds. The normalized spacial score (nSPS) is 10.3. The van der Waals surface area contributed by atoms with Crippen LogP contribution in [-0.2, 0) is 20.7 Å². The van der Waals surface area contributed by atoms with Crippen LogP contribution in [0.15, 0.2) is 30.3 Å². The molecule has 0 aliphatic carbocycles. The highest BCUT2D eigenvalue weighted by Gasteiger charge is 2.12. The number of ether oxygens (including phenoxy) is 1. The molecule has 0 spiro atoms. The van der Waals surface area contributed by atoms with Gasteiger partial charge < -0.3 is 10.1 Å². The lowest BCUT2D eigenvalue weighted by molar-refractivity contribution is -0.146. The molecule has 0 bridgehead atoms. The topological polar surface area (TPSA) is 68.3 Å². The van der Waals surface area contributed by atoms with Crippen LogP contribution < -0.4 is 5.32 Å². The SMILES string of the molecule is Cc1nc(NC(=O)COC(=O)Cc2ccc(F)cc2)c(Cl)cc1Cl. The Morgan fingerprint density at radius 3 is 2.54 bits per heavy atom. The van der Waals surface area contributed by atoms with Crippen molar-refractivity contribution >= 4 is 40.9 Å². The fourth-order valence-corrected chi connectivity index (χ4v) is 2.19. The third-order valence-corrected chi connectivity index (χ3v) is 3.66. The van der Waals surface area contributed by atoms with E-state index in [2.05, 4.69) is 10.3 Å². The van der Waals surface area contributed by atoms with Crippen LogP contribution in [0.3, 0.4) is 0 Å². The van der Waals surface area contributed by atoms with Gasteiger partial charge in [0, 0.05) is 0 Å². The number of anilines is 1. The average molecular weight is 371 g/mol. The zero-order valence-electron chi connectivity index (χ0n) is 12.6. The molecular formula is C16H13Cl2FN2O3. The van der Waals surface area contributed by atoms with E-state index < -0.39 is 24.3 Å². The second-order valence-corrected chi connectivity index (χ2v) is 5.71. The number of nitrogens with one attached hydrogen (secondary N) is 1. The number of esters is 1. The summed E-state index contributed by atoms with van der Waals surface area (Å²) in [6, 6.07) is 6.88. The van der Waals surface area contributed by atoms with E-state index in [4.69, 9.17) is 27.9 Å². The van der Waals surface area contributed by atoms with Crippen molar-refractivity contribution in [2.45, 2.75) is 13.3 Å². The van der Waals surface area contributed by atoms with Crippen molar-refractivity contribution in [2.75, 3.05) is 11.9 Å². The molecule has 1 aromatic heterocycles. The van der Waals surface area contributed by atoms with Crippen molar-refractivity contribution in [1.29, 1.82) is 0 Å². The third-order valence-electron chi connectivity index (χ3n) is 2.99. The Bertz CT molecular complexity index is 767. The zero-order valence-corrected chi connectivity index (χ0v) is 14.1. The third kappa shape index (κ3) is 5.18. The van der Waals surface area contributed by atoms with Crippen LogP contribution in [0.5, 0.6) is 0 Å². The maximum atomic E-state index is 12.8. The molecule has 2 aromatic rings. The standard InChI is InChI=1S/C16H13Cl2FN2O3/c1-9-12(17)7-13(18)16(20-9)21-14(22)8-24-15(23)6-10-2-4-11(19)5-3-10/h2-5,7H,6,8H2,1H3,(H,20,21,22). The summed E-state index contributed by atoms with van der Waals surface area (Å²) < 4.78 is 17.6. The van der Waals surface area contributed by atoms with Gasteiger partial charge in [-0.1, -0.05) is 35.3 Å². The van der Waals surface area contributed by atoms with E-state index in [-0.39, 0.29) is 17.3 Å². The van der Waals surface area contributed by atoms with E-state index in [1.807, 2.05) is 0 Å². The Balaban J connectivity index is 1.85. The molecule has 1 N–H and O–H groups in total. The van der Waals surface area contributed by atoms with Gasteiger partial charge in [0.2, 0.25) is 0 Å². The Morgan fingerprint density at radius 2 is 1.88 bits per heavy atom. The van der Waals surface area contributed by atoms with Gasteiger partial charge >= 0.3 is 5.97 Å². The van der Waals surface area contributed by atoms with Crippen molar-refractivity contribution in [3.8, 4) is 0 Å². The number of hydrogen-bond donors (Lipinski definition) is 1. The first-order valence-electron chi connectivity index (χ1n) is 6.87. The summed E-state index contributed by atoms with van der Waals surface area (Å²) in [7, 11) is 0. The van der Waals surface area contributed by atoms with E-state index in [1.165, 1.54) is 30.3 Å². The Kier molecular flexibility index (Phi) is 6.11. The number of benzene rings is 1. The van der Waals surface area contributed by atoms with E-state index in [9.17, 15) is 14.0 Å². The number of aromatic nitrogens is 1. The summed E-state index contributed by atoms with van der Waals surface area (Å²) in [5, 5.41) is 2.99. The van der Waals surface area contributed by atoms with Crippen molar-refractivity contribution < 1.29 is 18.7 Å². The summed E-state index contributed by atoms with van der Waals surface area (Å²) in [6.07, 6.45) is -0.0629. The van der Waals surface area contributed by atoms with Gasteiger partial charge in [-0.3, -0.25) is 9.59 Å². The fraction of sp³-hybridized carbons (Fsp3) is 0.188. The Hall–Kier alpha value is -2.18. The average Bonchev–Trinajstić information content (AvgIpc) is 2.53. The number of amides is 1. The molecule has 0 aliphatic rings. The van der Waals surface area contributed by atoms with E-state index in [0.717, 1.165) is 0 Å². The highest BCUT2D eigenvalue weighted by molar-refractivity contribution is 6.36. The second-order valence-electron chi connectivity index (χ2n) is 4.90. The van der Waals surface area contributed by atoms with Crippen molar-refractivity contribution in [3.05, 3.63) is 57.5 Å². The molecule has 0 radical (unpaired) electrons. The number of hydrogen-bond acceptors (Lipinski definition) is 4. The largest absolute Gasteiger partial charge is 0.455 e. The Morgan fingerprint density at radius 1 is 1.21 bits per heavy atom. The first kappa shape index (κ1) is 18.2. The van der Waals surface area contributed by atoms with E-state index in [0.29, 0.717) is 16.3 Å². The highest BCUT2D eigenvalue weighted by Crippen LogP contribution is 2.25. The molecule has 0 unspecified atom stereocenters. The fourth-order valence-electron chi connectivity index (χ4n) is 1.78. The monoisotopic (exact) mass is 370 g/mol. The van der Waals surface area contributed by atoms with Gasteiger partial charge in [0.05, 0.1) is 22.2 Å². The van der Waals surface area contributed by atoms with Crippen LogP contribution in [-0.4, -0.2) is 23.5 Å². The van der Waals surface area contributed by atoms with Crippen LogP contribution in [0.4, 0.5) is 10.2 Å². The van der Waals surface area contributed by atoms with Crippen molar-refractivity contribution in [3.63, 3.8) is 0 Å². The molecule has 0 saturated carbocycles. The summed E-state index contributed by atoms with van der Waals surface area (Å²) in [5.41, 5.74) is 1.09.